The van der Waals surface area contributed by atoms with E-state index in [4.69, 9.17) is 4.74 Å². The summed E-state index contributed by atoms with van der Waals surface area (Å²) in [4.78, 5) is 12.4. The normalized spacial score (nSPS) is 11.2. The second-order valence-corrected chi connectivity index (χ2v) is 8.10. The molecule has 0 saturated heterocycles. The van der Waals surface area contributed by atoms with E-state index in [2.05, 4.69) is 40.9 Å². The molecular weight excluding hydrogens is 420 g/mol. The van der Waals surface area contributed by atoms with Gasteiger partial charge in [-0.3, -0.25) is 4.79 Å². The molecule has 0 bridgehead atoms. The van der Waals surface area contributed by atoms with Gasteiger partial charge in [-0.1, -0.05) is 84.9 Å². The van der Waals surface area contributed by atoms with Crippen molar-refractivity contribution in [2.24, 2.45) is 5.10 Å². The Morgan fingerprint density at radius 2 is 1.29 bits per heavy atom. The molecule has 5 rings (SSSR count). The lowest BCUT2D eigenvalue weighted by Gasteiger charge is -2.09. The highest BCUT2D eigenvalue weighted by molar-refractivity contribution is 5.90. The molecule has 0 aliphatic rings. The number of carbonyl (C=O) groups is 1. The average Bonchev–Trinajstić information content (AvgIpc) is 2.88. The van der Waals surface area contributed by atoms with Gasteiger partial charge in [0.05, 0.1) is 12.6 Å². The lowest BCUT2D eigenvalue weighted by molar-refractivity contribution is -0.120. The van der Waals surface area contributed by atoms with Crippen molar-refractivity contribution in [1.29, 1.82) is 0 Å². The van der Waals surface area contributed by atoms with Gasteiger partial charge in [-0.05, 0) is 62.5 Å². The smallest absolute Gasteiger partial charge is 0.244 e. The molecule has 0 aliphatic carbocycles. The summed E-state index contributed by atoms with van der Waals surface area (Å²) in [5, 5.41) is 8.73. The third-order valence-corrected chi connectivity index (χ3v) is 5.79. The lowest BCUT2D eigenvalue weighted by Crippen LogP contribution is -2.19. The molecule has 0 heterocycles. The predicted octanol–water partition coefficient (Wildman–Crippen LogP) is 6.26. The second kappa shape index (κ2) is 10.0. The highest BCUT2D eigenvalue weighted by atomic mass is 16.5. The first kappa shape index (κ1) is 21.4. The van der Waals surface area contributed by atoms with Crippen LogP contribution in [0.1, 0.15) is 16.7 Å². The van der Waals surface area contributed by atoms with Crippen molar-refractivity contribution in [2.75, 3.05) is 0 Å². The summed E-state index contributed by atoms with van der Waals surface area (Å²) in [6.07, 6.45) is 1.91. The summed E-state index contributed by atoms with van der Waals surface area (Å²) in [5.74, 6) is 0.632. The molecule has 4 heteroatoms. The van der Waals surface area contributed by atoms with E-state index in [1.165, 1.54) is 10.8 Å². The van der Waals surface area contributed by atoms with Crippen molar-refractivity contribution >= 4 is 33.7 Å². The Bertz CT molecular complexity index is 1460. The maximum Gasteiger partial charge on any atom is 0.244 e. The Labute approximate surface area is 198 Å². The van der Waals surface area contributed by atoms with E-state index in [1.807, 2.05) is 78.9 Å². The van der Waals surface area contributed by atoms with Crippen LogP contribution in [0.4, 0.5) is 0 Å². The van der Waals surface area contributed by atoms with Crippen molar-refractivity contribution in [1.82, 2.24) is 5.43 Å². The van der Waals surface area contributed by atoms with Crippen LogP contribution in [-0.4, -0.2) is 12.1 Å². The number of hydrazone groups is 1. The molecule has 5 aromatic carbocycles. The van der Waals surface area contributed by atoms with Crippen LogP contribution in [0.25, 0.3) is 21.5 Å². The highest BCUT2D eigenvalue weighted by Crippen LogP contribution is 2.21. The zero-order valence-electron chi connectivity index (χ0n) is 18.6. The molecule has 5 aromatic rings. The second-order valence-electron chi connectivity index (χ2n) is 8.10. The number of nitrogens with zero attached hydrogens (tertiary/aromatic N) is 1. The van der Waals surface area contributed by atoms with Crippen molar-refractivity contribution in [2.45, 2.75) is 13.0 Å². The Morgan fingerprint density at radius 3 is 2.00 bits per heavy atom. The third-order valence-electron chi connectivity index (χ3n) is 5.79. The maximum absolute atomic E-state index is 12.4. The third kappa shape index (κ3) is 4.97. The number of hydrogen-bond acceptors (Lipinski definition) is 3. The Morgan fingerprint density at radius 1 is 0.706 bits per heavy atom. The van der Waals surface area contributed by atoms with Crippen LogP contribution in [0.5, 0.6) is 5.75 Å². The maximum atomic E-state index is 12.4. The van der Waals surface area contributed by atoms with Crippen LogP contribution < -0.4 is 10.2 Å². The molecule has 0 spiro atoms. The minimum atomic E-state index is -0.150. The number of carbonyl (C=O) groups excluding carboxylic acids is 1. The number of hydrogen-bond donors (Lipinski definition) is 1. The van der Waals surface area contributed by atoms with E-state index < -0.39 is 0 Å². The first-order chi connectivity index (χ1) is 16.8. The number of amides is 1. The van der Waals surface area contributed by atoms with Gasteiger partial charge < -0.3 is 4.74 Å². The molecule has 0 radical (unpaired) electrons. The fourth-order valence-electron chi connectivity index (χ4n) is 4.07. The zero-order valence-corrected chi connectivity index (χ0v) is 18.6. The highest BCUT2D eigenvalue weighted by Gasteiger charge is 2.06. The van der Waals surface area contributed by atoms with E-state index >= 15 is 0 Å². The molecule has 0 fully saturated rings. The van der Waals surface area contributed by atoms with E-state index in [9.17, 15) is 4.79 Å². The van der Waals surface area contributed by atoms with Gasteiger partial charge in [0, 0.05) is 0 Å². The summed E-state index contributed by atoms with van der Waals surface area (Å²) in [7, 11) is 0. The molecule has 0 atom stereocenters. The molecule has 0 aromatic heterocycles. The predicted molar refractivity (Wildman–Crippen MR) is 138 cm³/mol. The number of nitrogens with one attached hydrogen (secondary N) is 1. The minimum Gasteiger partial charge on any atom is -0.489 e. The summed E-state index contributed by atoms with van der Waals surface area (Å²) >= 11 is 0. The molecule has 34 heavy (non-hydrogen) atoms. The van der Waals surface area contributed by atoms with Gasteiger partial charge >= 0.3 is 0 Å². The minimum absolute atomic E-state index is 0.150. The van der Waals surface area contributed by atoms with Crippen molar-refractivity contribution in [3.8, 4) is 5.75 Å². The molecule has 0 saturated carbocycles. The van der Waals surface area contributed by atoms with Gasteiger partial charge in [0.15, 0.2) is 0 Å². The quantitative estimate of drug-likeness (QED) is 0.238. The van der Waals surface area contributed by atoms with Crippen LogP contribution in [0.3, 0.4) is 0 Å². The summed E-state index contributed by atoms with van der Waals surface area (Å²) < 4.78 is 5.99. The van der Waals surface area contributed by atoms with E-state index in [0.29, 0.717) is 6.61 Å². The first-order valence-electron chi connectivity index (χ1n) is 11.2. The van der Waals surface area contributed by atoms with E-state index in [-0.39, 0.29) is 12.3 Å². The van der Waals surface area contributed by atoms with E-state index in [1.54, 1.807) is 6.21 Å². The standard InChI is InChI=1S/C30H24N2O2/c33-30(19-25-11-5-9-23-7-1-3-13-28(23)25)32-31-20-22-15-17-27(18-16-22)34-21-26-12-6-10-24-8-2-4-14-29(24)26/h1-18,20H,19,21H2,(H,32,33)/b31-20-. The molecule has 4 nitrogen and oxygen atoms in total. The first-order valence-corrected chi connectivity index (χ1v) is 11.2. The summed E-state index contributed by atoms with van der Waals surface area (Å²) in [6, 6.07) is 36.2. The number of benzene rings is 5. The van der Waals surface area contributed by atoms with Crippen LogP contribution in [0.2, 0.25) is 0 Å². The SMILES string of the molecule is O=C(Cc1cccc2ccccc12)N/N=C\c1ccc(OCc2cccc3ccccc23)cc1. The van der Waals surface area contributed by atoms with Crippen LogP contribution in [-0.2, 0) is 17.8 Å². The summed E-state index contributed by atoms with van der Waals surface area (Å²) in [5.41, 5.74) is 5.63. The van der Waals surface area contributed by atoms with Crippen molar-refractivity contribution < 1.29 is 9.53 Å². The van der Waals surface area contributed by atoms with Gasteiger partial charge in [-0.25, -0.2) is 5.43 Å². The molecule has 1 amide bonds. The van der Waals surface area contributed by atoms with Gasteiger partial charge in [0.1, 0.15) is 12.4 Å². The molecule has 0 aliphatic heterocycles. The Balaban J connectivity index is 1.16. The van der Waals surface area contributed by atoms with Crippen LogP contribution in [0, 0.1) is 0 Å². The van der Waals surface area contributed by atoms with Crippen LogP contribution in [0.15, 0.2) is 114 Å². The fourth-order valence-corrected chi connectivity index (χ4v) is 4.07. The van der Waals surface area contributed by atoms with Gasteiger partial charge in [-0.2, -0.15) is 5.10 Å². The Kier molecular flexibility index (Phi) is 6.30. The monoisotopic (exact) mass is 444 g/mol. The number of rotatable bonds is 7. The Hall–Kier alpha value is -4.44. The molecule has 1 N–H and O–H groups in total. The van der Waals surface area contributed by atoms with Gasteiger partial charge in [0.25, 0.3) is 0 Å². The van der Waals surface area contributed by atoms with Crippen LogP contribution >= 0.6 is 0 Å². The number of ether oxygens (including phenoxy) is 1. The largest absolute Gasteiger partial charge is 0.489 e. The van der Waals surface area contributed by atoms with E-state index in [0.717, 1.165) is 33.2 Å². The fraction of sp³-hybridized carbons (Fsp3) is 0.0667. The average molecular weight is 445 g/mol. The number of fused-ring (bicyclic) bond motifs is 2. The topological polar surface area (TPSA) is 50.7 Å². The zero-order chi connectivity index (χ0) is 23.2. The van der Waals surface area contributed by atoms with Gasteiger partial charge in [-0.15, -0.1) is 0 Å². The van der Waals surface area contributed by atoms with Crippen molar-refractivity contribution in [3.63, 3.8) is 0 Å². The molecule has 0 unspecified atom stereocenters. The summed E-state index contributed by atoms with van der Waals surface area (Å²) in [6.45, 7) is 0.499. The molecular formula is C30H24N2O2. The van der Waals surface area contributed by atoms with Gasteiger partial charge in [0.2, 0.25) is 5.91 Å². The van der Waals surface area contributed by atoms with Crippen molar-refractivity contribution in [3.05, 3.63) is 126 Å². The lowest BCUT2D eigenvalue weighted by atomic mass is 10.0. The molecule has 166 valence electrons.